The summed E-state index contributed by atoms with van der Waals surface area (Å²) in [5, 5.41) is -1.09. The van der Waals surface area contributed by atoms with Crippen molar-refractivity contribution in [1.82, 2.24) is 4.98 Å². The molecule has 0 bridgehead atoms. The fourth-order valence-electron chi connectivity index (χ4n) is 1.39. The summed E-state index contributed by atoms with van der Waals surface area (Å²) in [5.74, 6) is -1.25. The molecule has 0 aliphatic rings. The van der Waals surface area contributed by atoms with Gasteiger partial charge in [0.25, 0.3) is 0 Å². The molecule has 0 radical (unpaired) electrons. The maximum atomic E-state index is 13.3. The predicted octanol–water partition coefficient (Wildman–Crippen LogP) is 3.84. The number of hydrogen-bond donors (Lipinski definition) is 0. The number of thiazole rings is 1. The van der Waals surface area contributed by atoms with Gasteiger partial charge in [0.05, 0.1) is 4.88 Å². The van der Waals surface area contributed by atoms with Gasteiger partial charge < -0.3 is 0 Å². The zero-order valence-electron chi connectivity index (χ0n) is 9.58. The second-order valence-electron chi connectivity index (χ2n) is 3.82. The van der Waals surface area contributed by atoms with Gasteiger partial charge in [-0.2, -0.15) is 13.2 Å². The lowest BCUT2D eigenvalue weighted by Gasteiger charge is -2.01. The van der Waals surface area contributed by atoms with E-state index >= 15 is 0 Å². The van der Waals surface area contributed by atoms with Crippen LogP contribution in [0.1, 0.15) is 25.8 Å². The van der Waals surface area contributed by atoms with E-state index in [0.717, 1.165) is 12.3 Å². The Bertz CT molecular complexity index is 633. The van der Waals surface area contributed by atoms with Crippen LogP contribution >= 0.6 is 11.3 Å². The van der Waals surface area contributed by atoms with Gasteiger partial charge in [-0.3, -0.25) is 4.79 Å². The number of alkyl halides is 3. The Morgan fingerprint density at radius 3 is 2.53 bits per heavy atom. The van der Waals surface area contributed by atoms with E-state index in [0.29, 0.717) is 5.56 Å². The third kappa shape index (κ3) is 2.81. The van der Waals surface area contributed by atoms with Crippen molar-refractivity contribution in [2.45, 2.75) is 13.1 Å². The van der Waals surface area contributed by atoms with Crippen molar-refractivity contribution in [3.8, 4) is 0 Å². The SMILES string of the molecule is Cc1ccc(C(=O)c2cnc(C(F)(F)F)s2)cc1F. The molecule has 0 amide bonds. The van der Waals surface area contributed by atoms with E-state index in [9.17, 15) is 22.4 Å². The highest BCUT2D eigenvalue weighted by molar-refractivity contribution is 7.13. The van der Waals surface area contributed by atoms with Gasteiger partial charge in [-0.15, -0.1) is 11.3 Å². The fraction of sp³-hybridized carbons (Fsp3) is 0.167. The molecule has 2 rings (SSSR count). The smallest absolute Gasteiger partial charge is 0.288 e. The molecule has 0 atom stereocenters. The maximum Gasteiger partial charge on any atom is 0.443 e. The molecule has 0 unspecified atom stereocenters. The van der Waals surface area contributed by atoms with Gasteiger partial charge >= 0.3 is 6.18 Å². The number of rotatable bonds is 2. The first-order valence-corrected chi connectivity index (χ1v) is 5.94. The molecule has 0 aliphatic heterocycles. The minimum atomic E-state index is -4.58. The maximum absolute atomic E-state index is 13.3. The second-order valence-corrected chi connectivity index (χ2v) is 4.85. The molecule has 0 saturated carbocycles. The van der Waals surface area contributed by atoms with Crippen LogP contribution in [0.15, 0.2) is 24.4 Å². The lowest BCUT2D eigenvalue weighted by molar-refractivity contribution is -0.137. The fourth-order valence-corrected chi connectivity index (χ4v) is 2.13. The highest BCUT2D eigenvalue weighted by atomic mass is 32.1. The molecule has 2 aromatic rings. The van der Waals surface area contributed by atoms with E-state index in [4.69, 9.17) is 0 Å². The van der Waals surface area contributed by atoms with Crippen molar-refractivity contribution in [2.75, 3.05) is 0 Å². The van der Waals surface area contributed by atoms with Crippen LogP contribution < -0.4 is 0 Å². The Hall–Kier alpha value is -1.76. The van der Waals surface area contributed by atoms with Crippen LogP contribution in [0.4, 0.5) is 17.6 Å². The first-order chi connectivity index (χ1) is 8.79. The molecule has 1 aromatic heterocycles. The Morgan fingerprint density at radius 2 is 2.00 bits per heavy atom. The van der Waals surface area contributed by atoms with Crippen molar-refractivity contribution in [1.29, 1.82) is 0 Å². The van der Waals surface area contributed by atoms with Crippen LogP contribution in [0, 0.1) is 12.7 Å². The number of halogens is 4. The third-order valence-corrected chi connectivity index (χ3v) is 3.45. The summed E-state index contributed by atoms with van der Waals surface area (Å²) >= 11 is 0.245. The van der Waals surface area contributed by atoms with Gasteiger partial charge in [-0.1, -0.05) is 12.1 Å². The van der Waals surface area contributed by atoms with Crippen LogP contribution in [-0.2, 0) is 6.18 Å². The molecule has 0 fully saturated rings. The molecular formula is C12H7F4NOS. The Kier molecular flexibility index (Phi) is 3.40. The van der Waals surface area contributed by atoms with Crippen LogP contribution in [0.3, 0.4) is 0 Å². The summed E-state index contributed by atoms with van der Waals surface area (Å²) in [7, 11) is 0. The standard InChI is InChI=1S/C12H7F4NOS/c1-6-2-3-7(4-8(6)13)10(18)9-5-17-11(19-9)12(14,15)16/h2-5H,1H3. The van der Waals surface area contributed by atoms with E-state index < -0.39 is 22.8 Å². The van der Waals surface area contributed by atoms with Crippen molar-refractivity contribution in [3.05, 3.63) is 51.2 Å². The Morgan fingerprint density at radius 1 is 1.32 bits per heavy atom. The first-order valence-electron chi connectivity index (χ1n) is 5.13. The predicted molar refractivity (Wildman–Crippen MR) is 61.7 cm³/mol. The zero-order chi connectivity index (χ0) is 14.2. The number of aryl methyl sites for hydroxylation is 1. The molecule has 0 spiro atoms. The lowest BCUT2D eigenvalue weighted by Crippen LogP contribution is -2.03. The number of carbonyl (C=O) groups excluding carboxylic acids is 1. The molecule has 7 heteroatoms. The number of aromatic nitrogens is 1. The molecule has 0 saturated heterocycles. The van der Waals surface area contributed by atoms with Crippen molar-refractivity contribution in [2.24, 2.45) is 0 Å². The normalized spacial score (nSPS) is 11.6. The topological polar surface area (TPSA) is 30.0 Å². The van der Waals surface area contributed by atoms with E-state index in [1.165, 1.54) is 19.1 Å². The zero-order valence-corrected chi connectivity index (χ0v) is 10.4. The van der Waals surface area contributed by atoms with Crippen LogP contribution in [0.25, 0.3) is 0 Å². The monoisotopic (exact) mass is 289 g/mol. The summed E-state index contributed by atoms with van der Waals surface area (Å²) in [5.41, 5.74) is 0.359. The van der Waals surface area contributed by atoms with Crippen molar-refractivity contribution in [3.63, 3.8) is 0 Å². The van der Waals surface area contributed by atoms with E-state index in [-0.39, 0.29) is 21.8 Å². The van der Waals surface area contributed by atoms with E-state index in [2.05, 4.69) is 4.98 Å². The summed E-state index contributed by atoms with van der Waals surface area (Å²) < 4.78 is 50.4. The number of benzene rings is 1. The second kappa shape index (κ2) is 4.73. The molecule has 19 heavy (non-hydrogen) atoms. The molecule has 100 valence electrons. The Labute approximate surface area is 109 Å². The van der Waals surface area contributed by atoms with Crippen molar-refractivity contribution >= 4 is 17.1 Å². The highest BCUT2D eigenvalue weighted by Crippen LogP contribution is 2.33. The quantitative estimate of drug-likeness (QED) is 0.621. The van der Waals surface area contributed by atoms with Gasteiger partial charge in [-0.25, -0.2) is 9.37 Å². The van der Waals surface area contributed by atoms with Crippen molar-refractivity contribution < 1.29 is 22.4 Å². The molecule has 1 aromatic carbocycles. The van der Waals surface area contributed by atoms with Gasteiger partial charge in [0.1, 0.15) is 5.82 Å². The molecular weight excluding hydrogens is 282 g/mol. The number of ketones is 1. The Balaban J connectivity index is 2.34. The van der Waals surface area contributed by atoms with E-state index in [1.807, 2.05) is 0 Å². The average molecular weight is 289 g/mol. The summed E-state index contributed by atoms with van der Waals surface area (Å²) in [6.07, 6.45) is -3.73. The van der Waals surface area contributed by atoms with Gasteiger partial charge in [0, 0.05) is 11.8 Å². The first kappa shape index (κ1) is 13.7. The van der Waals surface area contributed by atoms with E-state index in [1.54, 1.807) is 0 Å². The molecule has 2 nitrogen and oxygen atoms in total. The van der Waals surface area contributed by atoms with Crippen LogP contribution in [-0.4, -0.2) is 10.8 Å². The summed E-state index contributed by atoms with van der Waals surface area (Å²) in [4.78, 5) is 14.9. The minimum Gasteiger partial charge on any atom is -0.288 e. The summed E-state index contributed by atoms with van der Waals surface area (Å²) in [6.45, 7) is 1.53. The van der Waals surface area contributed by atoms with Gasteiger partial charge in [0.2, 0.25) is 5.78 Å². The van der Waals surface area contributed by atoms with Gasteiger partial charge in [0.15, 0.2) is 5.01 Å². The summed E-state index contributed by atoms with van der Waals surface area (Å²) in [6, 6.07) is 3.77. The molecule has 0 aliphatic carbocycles. The average Bonchev–Trinajstić information content (AvgIpc) is 2.81. The van der Waals surface area contributed by atoms with Gasteiger partial charge in [-0.05, 0) is 18.6 Å². The number of nitrogens with zero attached hydrogens (tertiary/aromatic N) is 1. The van der Waals surface area contributed by atoms with Crippen LogP contribution in [0.2, 0.25) is 0 Å². The largest absolute Gasteiger partial charge is 0.443 e. The lowest BCUT2D eigenvalue weighted by atomic mass is 10.1. The highest BCUT2D eigenvalue weighted by Gasteiger charge is 2.35. The third-order valence-electron chi connectivity index (χ3n) is 2.41. The van der Waals surface area contributed by atoms with Crippen LogP contribution in [0.5, 0.6) is 0 Å². The number of carbonyl (C=O) groups is 1. The minimum absolute atomic E-state index is 0.000439. The number of hydrogen-bond acceptors (Lipinski definition) is 3. The molecule has 0 N–H and O–H groups in total. The molecule has 1 heterocycles.